The first kappa shape index (κ1) is 12.6. The Kier molecular flexibility index (Phi) is 3.25. The van der Waals surface area contributed by atoms with Gasteiger partial charge < -0.3 is 5.11 Å². The van der Waals surface area contributed by atoms with Crippen molar-refractivity contribution in [2.24, 2.45) is 11.3 Å². The third kappa shape index (κ3) is 2.51. The van der Waals surface area contributed by atoms with Gasteiger partial charge in [0.15, 0.2) is 0 Å². The number of imide groups is 1. The molecule has 2 amide bonds. The molecule has 0 aromatic rings. The summed E-state index contributed by atoms with van der Waals surface area (Å²) >= 11 is 0. The van der Waals surface area contributed by atoms with Gasteiger partial charge in [0.2, 0.25) is 11.8 Å². The zero-order valence-electron chi connectivity index (χ0n) is 10.6. The van der Waals surface area contributed by atoms with Crippen molar-refractivity contribution in [3.63, 3.8) is 0 Å². The quantitative estimate of drug-likeness (QED) is 0.739. The fraction of sp³-hybridized carbons (Fsp3) is 0.846. The van der Waals surface area contributed by atoms with Crippen LogP contribution < -0.4 is 0 Å². The average molecular weight is 239 g/mol. The van der Waals surface area contributed by atoms with Gasteiger partial charge in [0.05, 0.1) is 11.5 Å². The van der Waals surface area contributed by atoms with Crippen molar-refractivity contribution in [1.29, 1.82) is 0 Å². The highest BCUT2D eigenvalue weighted by molar-refractivity contribution is 6.05. The average Bonchev–Trinajstić information content (AvgIpc) is 2.44. The molecule has 1 heterocycles. The number of hydrogen-bond donors (Lipinski definition) is 1. The number of aliphatic hydroxyl groups is 1. The minimum Gasteiger partial charge on any atom is -0.393 e. The van der Waals surface area contributed by atoms with E-state index in [0.29, 0.717) is 18.9 Å². The minimum absolute atomic E-state index is 0.0337. The van der Waals surface area contributed by atoms with E-state index in [1.54, 1.807) is 0 Å². The Morgan fingerprint density at radius 2 is 1.82 bits per heavy atom. The van der Waals surface area contributed by atoms with Gasteiger partial charge in [-0.15, -0.1) is 0 Å². The Morgan fingerprint density at radius 3 is 2.29 bits per heavy atom. The Balaban J connectivity index is 1.95. The molecule has 2 fully saturated rings. The van der Waals surface area contributed by atoms with E-state index in [4.69, 9.17) is 0 Å². The standard InChI is InChI=1S/C13H21NO3/c1-13(2)7-11(16)14(12(13)17)8-9-3-5-10(15)6-4-9/h9-10,15H,3-8H2,1-2H3. The normalized spacial score (nSPS) is 33.2. The molecule has 0 atom stereocenters. The van der Waals surface area contributed by atoms with Gasteiger partial charge >= 0.3 is 0 Å². The SMILES string of the molecule is CC1(C)CC(=O)N(CC2CCC(O)CC2)C1=O. The van der Waals surface area contributed by atoms with Crippen LogP contribution in [0.1, 0.15) is 46.0 Å². The first-order valence-corrected chi connectivity index (χ1v) is 6.43. The van der Waals surface area contributed by atoms with Gasteiger partial charge in [-0.2, -0.15) is 0 Å². The molecule has 0 unspecified atom stereocenters. The molecule has 1 aliphatic heterocycles. The Morgan fingerprint density at radius 1 is 1.24 bits per heavy atom. The van der Waals surface area contributed by atoms with Gasteiger partial charge in [-0.05, 0) is 31.6 Å². The van der Waals surface area contributed by atoms with Crippen LogP contribution in [0.15, 0.2) is 0 Å². The zero-order chi connectivity index (χ0) is 12.6. The van der Waals surface area contributed by atoms with Crippen molar-refractivity contribution in [2.45, 2.75) is 52.1 Å². The van der Waals surface area contributed by atoms with E-state index in [9.17, 15) is 14.7 Å². The van der Waals surface area contributed by atoms with Crippen LogP contribution in [-0.2, 0) is 9.59 Å². The predicted octanol–water partition coefficient (Wildman–Crippen LogP) is 1.32. The lowest BCUT2D eigenvalue weighted by Crippen LogP contribution is -2.38. The Bertz CT molecular complexity index is 330. The number of amides is 2. The molecule has 1 aliphatic carbocycles. The van der Waals surface area contributed by atoms with Crippen molar-refractivity contribution in [2.75, 3.05) is 6.54 Å². The van der Waals surface area contributed by atoms with Crippen molar-refractivity contribution in [1.82, 2.24) is 4.90 Å². The molecule has 96 valence electrons. The van der Waals surface area contributed by atoms with Crippen molar-refractivity contribution < 1.29 is 14.7 Å². The highest BCUT2D eigenvalue weighted by Crippen LogP contribution is 2.34. The first-order chi connectivity index (χ1) is 7.90. The van der Waals surface area contributed by atoms with Crippen molar-refractivity contribution in [3.05, 3.63) is 0 Å². The molecule has 4 heteroatoms. The van der Waals surface area contributed by atoms with Gasteiger partial charge in [0.1, 0.15) is 0 Å². The van der Waals surface area contributed by atoms with E-state index in [1.807, 2.05) is 13.8 Å². The molecule has 2 rings (SSSR count). The van der Waals surface area contributed by atoms with Crippen LogP contribution in [0.25, 0.3) is 0 Å². The van der Waals surface area contributed by atoms with Crippen molar-refractivity contribution in [3.8, 4) is 0 Å². The van der Waals surface area contributed by atoms with Gasteiger partial charge in [-0.25, -0.2) is 0 Å². The second kappa shape index (κ2) is 4.41. The lowest BCUT2D eigenvalue weighted by atomic mass is 9.87. The summed E-state index contributed by atoms with van der Waals surface area (Å²) in [5.74, 6) is 0.306. The summed E-state index contributed by atoms with van der Waals surface area (Å²) in [4.78, 5) is 25.3. The number of likely N-dealkylation sites (tertiary alicyclic amines) is 1. The van der Waals surface area contributed by atoms with Crippen molar-refractivity contribution >= 4 is 11.8 Å². The number of aliphatic hydroxyl groups excluding tert-OH is 1. The molecule has 0 spiro atoms. The van der Waals surface area contributed by atoms with E-state index in [1.165, 1.54) is 4.90 Å². The van der Waals surface area contributed by atoms with Crippen LogP contribution in [0.4, 0.5) is 0 Å². The summed E-state index contributed by atoms with van der Waals surface area (Å²) in [5, 5.41) is 9.43. The van der Waals surface area contributed by atoms with Crippen LogP contribution in [0.2, 0.25) is 0 Å². The van der Waals surface area contributed by atoms with Crippen LogP contribution in [-0.4, -0.2) is 34.5 Å². The summed E-state index contributed by atoms with van der Waals surface area (Å²) in [5.41, 5.74) is -0.523. The number of rotatable bonds is 2. The largest absolute Gasteiger partial charge is 0.393 e. The molecule has 1 saturated carbocycles. The molecule has 0 bridgehead atoms. The van der Waals surface area contributed by atoms with Gasteiger partial charge in [0.25, 0.3) is 0 Å². The molecule has 4 nitrogen and oxygen atoms in total. The monoisotopic (exact) mass is 239 g/mol. The molecule has 2 aliphatic rings. The molecular weight excluding hydrogens is 218 g/mol. The van der Waals surface area contributed by atoms with Gasteiger partial charge in [-0.1, -0.05) is 13.8 Å². The van der Waals surface area contributed by atoms with E-state index >= 15 is 0 Å². The second-order valence-corrected chi connectivity index (χ2v) is 6.04. The smallest absolute Gasteiger partial charge is 0.235 e. The number of carbonyl (C=O) groups excluding carboxylic acids is 2. The highest BCUT2D eigenvalue weighted by atomic mass is 16.3. The molecular formula is C13H21NO3. The molecule has 0 aromatic heterocycles. The van der Waals surface area contributed by atoms with Crippen LogP contribution >= 0.6 is 0 Å². The molecule has 1 N–H and O–H groups in total. The maximum atomic E-state index is 12.0. The van der Waals surface area contributed by atoms with Crippen LogP contribution in [0, 0.1) is 11.3 Å². The molecule has 0 aromatic carbocycles. The summed E-state index contributed by atoms with van der Waals surface area (Å²) in [6, 6.07) is 0. The second-order valence-electron chi connectivity index (χ2n) is 6.04. The minimum atomic E-state index is -0.523. The number of nitrogens with zero attached hydrogens (tertiary/aromatic N) is 1. The van der Waals surface area contributed by atoms with Gasteiger partial charge in [0, 0.05) is 13.0 Å². The summed E-state index contributed by atoms with van der Waals surface area (Å²) in [6.45, 7) is 4.21. The predicted molar refractivity (Wildman–Crippen MR) is 63.1 cm³/mol. The highest BCUT2D eigenvalue weighted by Gasteiger charge is 2.45. The topological polar surface area (TPSA) is 57.6 Å². The maximum Gasteiger partial charge on any atom is 0.235 e. The summed E-state index contributed by atoms with van der Waals surface area (Å²) in [6.07, 6.45) is 3.57. The Hall–Kier alpha value is -0.900. The maximum absolute atomic E-state index is 12.0. The molecule has 0 radical (unpaired) electrons. The first-order valence-electron chi connectivity index (χ1n) is 6.43. The summed E-state index contributed by atoms with van der Waals surface area (Å²) < 4.78 is 0. The molecule has 17 heavy (non-hydrogen) atoms. The Labute approximate surface area is 102 Å². The number of carbonyl (C=O) groups is 2. The van der Waals surface area contributed by atoms with Gasteiger partial charge in [-0.3, -0.25) is 14.5 Å². The molecule has 1 saturated heterocycles. The third-order valence-electron chi connectivity index (χ3n) is 3.98. The van der Waals surface area contributed by atoms with E-state index in [2.05, 4.69) is 0 Å². The van der Waals surface area contributed by atoms with E-state index < -0.39 is 5.41 Å². The lowest BCUT2D eigenvalue weighted by Gasteiger charge is -2.28. The summed E-state index contributed by atoms with van der Waals surface area (Å²) in [7, 11) is 0. The third-order valence-corrected chi connectivity index (χ3v) is 3.98. The van der Waals surface area contributed by atoms with E-state index in [-0.39, 0.29) is 17.9 Å². The fourth-order valence-electron chi connectivity index (χ4n) is 2.80. The van der Waals surface area contributed by atoms with E-state index in [0.717, 1.165) is 25.7 Å². The fourth-order valence-corrected chi connectivity index (χ4v) is 2.80. The number of hydrogen-bond acceptors (Lipinski definition) is 3. The zero-order valence-corrected chi connectivity index (χ0v) is 10.6. The van der Waals surface area contributed by atoms with Crippen LogP contribution in [0.3, 0.4) is 0 Å². The van der Waals surface area contributed by atoms with Crippen LogP contribution in [0.5, 0.6) is 0 Å². The lowest BCUT2D eigenvalue weighted by molar-refractivity contribution is -0.141.